The molecule has 0 saturated carbocycles. The lowest BCUT2D eigenvalue weighted by atomic mass is 10.3. The molecule has 0 aliphatic carbocycles. The first-order valence-electron chi connectivity index (χ1n) is 6.73. The molecule has 1 aliphatic heterocycles. The van der Waals surface area contributed by atoms with Gasteiger partial charge in [0.25, 0.3) is 0 Å². The van der Waals surface area contributed by atoms with Crippen LogP contribution in [-0.4, -0.2) is 68.8 Å². The molecule has 0 atom stereocenters. The fourth-order valence-electron chi connectivity index (χ4n) is 2.04. The van der Waals surface area contributed by atoms with Crippen LogP contribution in [0.3, 0.4) is 0 Å². The van der Waals surface area contributed by atoms with Gasteiger partial charge in [-0.3, -0.25) is 4.90 Å². The van der Waals surface area contributed by atoms with Crippen molar-refractivity contribution in [3.05, 3.63) is 0 Å². The molecule has 0 aromatic carbocycles. The van der Waals surface area contributed by atoms with Crippen molar-refractivity contribution >= 4 is 0 Å². The van der Waals surface area contributed by atoms with Crippen LogP contribution in [-0.2, 0) is 0 Å². The fourth-order valence-corrected chi connectivity index (χ4v) is 2.04. The predicted molar refractivity (Wildman–Crippen MR) is 69.7 cm³/mol. The lowest BCUT2D eigenvalue weighted by Crippen LogP contribution is -2.43. The van der Waals surface area contributed by atoms with E-state index in [1.807, 2.05) is 0 Å². The van der Waals surface area contributed by atoms with E-state index in [9.17, 15) is 0 Å². The molecule has 4 nitrogen and oxygen atoms in total. The standard InChI is InChI=1S/C12H28N4/c1-3-15-9-5-6-13-7-11-16(4-2)12-14-8-10-15/h13-14H,3-12H2,1-2H3. The summed E-state index contributed by atoms with van der Waals surface area (Å²) in [5.74, 6) is 0. The molecule has 1 saturated heterocycles. The van der Waals surface area contributed by atoms with E-state index < -0.39 is 0 Å². The Morgan fingerprint density at radius 3 is 2.25 bits per heavy atom. The van der Waals surface area contributed by atoms with Gasteiger partial charge in [-0.05, 0) is 32.6 Å². The molecule has 1 aliphatic rings. The third-order valence-electron chi connectivity index (χ3n) is 3.27. The van der Waals surface area contributed by atoms with Crippen LogP contribution in [0.5, 0.6) is 0 Å². The van der Waals surface area contributed by atoms with Gasteiger partial charge >= 0.3 is 0 Å². The third-order valence-corrected chi connectivity index (χ3v) is 3.27. The molecular formula is C12H28N4. The minimum atomic E-state index is 1.02. The lowest BCUT2D eigenvalue weighted by Gasteiger charge is -2.25. The van der Waals surface area contributed by atoms with Gasteiger partial charge in [0.15, 0.2) is 0 Å². The van der Waals surface area contributed by atoms with Crippen LogP contribution in [0.4, 0.5) is 0 Å². The SMILES string of the molecule is CCN1CCCNCCN(CC)CNCC1. The average molecular weight is 228 g/mol. The summed E-state index contributed by atoms with van der Waals surface area (Å²) in [4.78, 5) is 4.97. The second kappa shape index (κ2) is 8.93. The van der Waals surface area contributed by atoms with E-state index in [2.05, 4.69) is 34.3 Å². The van der Waals surface area contributed by atoms with Gasteiger partial charge in [-0.1, -0.05) is 13.8 Å². The molecule has 0 bridgehead atoms. The van der Waals surface area contributed by atoms with E-state index in [4.69, 9.17) is 0 Å². The maximum Gasteiger partial charge on any atom is 0.0481 e. The van der Waals surface area contributed by atoms with Crippen molar-refractivity contribution in [1.82, 2.24) is 20.4 Å². The molecule has 0 aromatic rings. The van der Waals surface area contributed by atoms with E-state index in [-0.39, 0.29) is 0 Å². The molecule has 0 radical (unpaired) electrons. The Morgan fingerprint density at radius 1 is 0.812 bits per heavy atom. The van der Waals surface area contributed by atoms with Crippen LogP contribution in [0, 0.1) is 0 Å². The van der Waals surface area contributed by atoms with Crippen molar-refractivity contribution in [2.24, 2.45) is 0 Å². The molecule has 0 amide bonds. The summed E-state index contributed by atoms with van der Waals surface area (Å²) in [6, 6.07) is 0. The first kappa shape index (κ1) is 13.9. The van der Waals surface area contributed by atoms with Crippen LogP contribution in [0.15, 0.2) is 0 Å². The first-order valence-corrected chi connectivity index (χ1v) is 6.73. The van der Waals surface area contributed by atoms with Crippen LogP contribution < -0.4 is 10.6 Å². The van der Waals surface area contributed by atoms with Crippen molar-refractivity contribution in [2.75, 3.05) is 59.0 Å². The zero-order chi connectivity index (χ0) is 11.6. The van der Waals surface area contributed by atoms with E-state index >= 15 is 0 Å². The Morgan fingerprint density at radius 2 is 1.50 bits per heavy atom. The fraction of sp³-hybridized carbons (Fsp3) is 1.00. The Balaban J connectivity index is 2.28. The summed E-state index contributed by atoms with van der Waals surface area (Å²) >= 11 is 0. The maximum absolute atomic E-state index is 3.52. The van der Waals surface area contributed by atoms with Crippen molar-refractivity contribution in [3.63, 3.8) is 0 Å². The monoisotopic (exact) mass is 228 g/mol. The summed E-state index contributed by atoms with van der Waals surface area (Å²) in [7, 11) is 0. The predicted octanol–water partition coefficient (Wildman–Crippen LogP) is 0.171. The Bertz CT molecular complexity index is 145. The number of nitrogens with one attached hydrogen (secondary N) is 2. The quantitative estimate of drug-likeness (QED) is 0.705. The van der Waals surface area contributed by atoms with Crippen LogP contribution in [0.25, 0.3) is 0 Å². The molecule has 1 heterocycles. The van der Waals surface area contributed by atoms with E-state index in [1.165, 1.54) is 26.1 Å². The lowest BCUT2D eigenvalue weighted by molar-refractivity contribution is 0.234. The van der Waals surface area contributed by atoms with Crippen LogP contribution in [0.1, 0.15) is 20.3 Å². The zero-order valence-corrected chi connectivity index (χ0v) is 11.0. The first-order chi connectivity index (χ1) is 7.86. The highest BCUT2D eigenvalue weighted by molar-refractivity contribution is 4.63. The van der Waals surface area contributed by atoms with Crippen molar-refractivity contribution < 1.29 is 0 Å². The number of likely N-dealkylation sites (N-methyl/N-ethyl adjacent to an activating group) is 2. The largest absolute Gasteiger partial charge is 0.315 e. The van der Waals surface area contributed by atoms with Gasteiger partial charge in [-0.2, -0.15) is 0 Å². The normalized spacial score (nSPS) is 23.6. The Labute approximate surface area is 100 Å². The van der Waals surface area contributed by atoms with E-state index in [0.717, 1.165) is 39.4 Å². The highest BCUT2D eigenvalue weighted by Crippen LogP contribution is 1.91. The third kappa shape index (κ3) is 5.80. The van der Waals surface area contributed by atoms with E-state index in [1.54, 1.807) is 0 Å². The second-order valence-corrected chi connectivity index (χ2v) is 4.41. The Hall–Kier alpha value is -0.160. The molecule has 1 rings (SSSR count). The molecule has 4 heteroatoms. The Kier molecular flexibility index (Phi) is 7.76. The number of rotatable bonds is 2. The minimum absolute atomic E-state index is 1.02. The highest BCUT2D eigenvalue weighted by Gasteiger charge is 2.05. The molecule has 0 spiro atoms. The number of nitrogens with zero attached hydrogens (tertiary/aromatic N) is 2. The van der Waals surface area contributed by atoms with Crippen molar-refractivity contribution in [1.29, 1.82) is 0 Å². The molecule has 96 valence electrons. The van der Waals surface area contributed by atoms with Gasteiger partial charge in [-0.25, -0.2) is 0 Å². The van der Waals surface area contributed by atoms with Gasteiger partial charge in [0.05, 0.1) is 0 Å². The van der Waals surface area contributed by atoms with Crippen molar-refractivity contribution in [3.8, 4) is 0 Å². The average Bonchev–Trinajstić information content (AvgIpc) is 2.30. The van der Waals surface area contributed by atoms with Crippen LogP contribution in [0.2, 0.25) is 0 Å². The topological polar surface area (TPSA) is 30.5 Å². The molecule has 16 heavy (non-hydrogen) atoms. The molecule has 1 fully saturated rings. The van der Waals surface area contributed by atoms with Crippen LogP contribution >= 0.6 is 0 Å². The zero-order valence-electron chi connectivity index (χ0n) is 11.0. The van der Waals surface area contributed by atoms with Gasteiger partial charge in [-0.15, -0.1) is 0 Å². The van der Waals surface area contributed by atoms with Gasteiger partial charge in [0, 0.05) is 32.8 Å². The highest BCUT2D eigenvalue weighted by atomic mass is 15.2. The maximum atomic E-state index is 3.52. The molecule has 2 N–H and O–H groups in total. The molecule has 0 unspecified atom stereocenters. The molecular weight excluding hydrogens is 200 g/mol. The smallest absolute Gasteiger partial charge is 0.0481 e. The van der Waals surface area contributed by atoms with E-state index in [0.29, 0.717) is 0 Å². The second-order valence-electron chi connectivity index (χ2n) is 4.41. The number of hydrogen-bond acceptors (Lipinski definition) is 4. The van der Waals surface area contributed by atoms with Gasteiger partial charge < -0.3 is 15.5 Å². The summed E-state index contributed by atoms with van der Waals surface area (Å²) < 4.78 is 0. The number of hydrogen-bond donors (Lipinski definition) is 2. The van der Waals surface area contributed by atoms with Gasteiger partial charge in [0.1, 0.15) is 0 Å². The summed E-state index contributed by atoms with van der Waals surface area (Å²) in [5, 5.41) is 7.04. The van der Waals surface area contributed by atoms with Crippen molar-refractivity contribution in [2.45, 2.75) is 20.3 Å². The summed E-state index contributed by atoms with van der Waals surface area (Å²) in [6.07, 6.45) is 1.26. The molecule has 0 aromatic heterocycles. The minimum Gasteiger partial charge on any atom is -0.315 e. The van der Waals surface area contributed by atoms with Gasteiger partial charge in [0.2, 0.25) is 0 Å². The summed E-state index contributed by atoms with van der Waals surface area (Å²) in [6.45, 7) is 14.7. The summed E-state index contributed by atoms with van der Waals surface area (Å²) in [5.41, 5.74) is 0.